The quantitative estimate of drug-likeness (QED) is 0.392. The summed E-state index contributed by atoms with van der Waals surface area (Å²) in [6.45, 7) is 3.66. The molecule has 4 N–H and O–H groups in total. The predicted molar refractivity (Wildman–Crippen MR) is 38.2 cm³/mol. The van der Waals surface area contributed by atoms with Crippen molar-refractivity contribution in [2.45, 2.75) is 6.04 Å². The number of rotatable bonds is 4. The van der Waals surface area contributed by atoms with Crippen LogP contribution < -0.4 is 11.5 Å². The molecule has 0 unspecified atom stereocenters. The molecule has 0 saturated carbocycles. The Labute approximate surface area is 59.8 Å². The van der Waals surface area contributed by atoms with Crippen molar-refractivity contribution in [1.82, 2.24) is 0 Å². The van der Waals surface area contributed by atoms with E-state index in [-0.39, 0.29) is 13.2 Å². The Bertz CT molecular complexity index is 125. The molecule has 0 amide bonds. The minimum Gasteiger partial charge on any atom is -0.460 e. The fourth-order valence-electron chi connectivity index (χ4n) is 0.344. The van der Waals surface area contributed by atoms with Crippen molar-refractivity contribution in [2.75, 3.05) is 13.2 Å². The van der Waals surface area contributed by atoms with Crippen LogP contribution in [0.1, 0.15) is 0 Å². The molecule has 0 aliphatic carbocycles. The molecular weight excluding hydrogens is 132 g/mol. The van der Waals surface area contributed by atoms with Gasteiger partial charge >= 0.3 is 5.97 Å². The van der Waals surface area contributed by atoms with Gasteiger partial charge in [0.05, 0.1) is 0 Å². The van der Waals surface area contributed by atoms with E-state index in [1.54, 1.807) is 0 Å². The molecule has 0 fully saturated rings. The van der Waals surface area contributed by atoms with Gasteiger partial charge in [0, 0.05) is 6.54 Å². The van der Waals surface area contributed by atoms with Crippen LogP contribution in [0.25, 0.3) is 0 Å². The predicted octanol–water partition coefficient (Wildman–Crippen LogP) is -0.998. The molecule has 10 heavy (non-hydrogen) atoms. The van der Waals surface area contributed by atoms with E-state index in [1.165, 1.54) is 6.08 Å². The van der Waals surface area contributed by atoms with Crippen molar-refractivity contribution in [2.24, 2.45) is 11.5 Å². The van der Waals surface area contributed by atoms with E-state index >= 15 is 0 Å². The molecule has 1 atom stereocenters. The van der Waals surface area contributed by atoms with Crippen LogP contribution in [0.4, 0.5) is 0 Å². The van der Waals surface area contributed by atoms with E-state index in [9.17, 15) is 4.79 Å². The van der Waals surface area contributed by atoms with E-state index in [1.807, 2.05) is 0 Å². The molecule has 0 radical (unpaired) electrons. The summed E-state index contributed by atoms with van der Waals surface area (Å²) in [5, 5.41) is 0. The third kappa shape index (κ3) is 3.21. The van der Waals surface area contributed by atoms with Gasteiger partial charge in [0.2, 0.25) is 0 Å². The van der Waals surface area contributed by atoms with Gasteiger partial charge in [0.1, 0.15) is 12.6 Å². The van der Waals surface area contributed by atoms with Gasteiger partial charge in [-0.05, 0) is 0 Å². The summed E-state index contributed by atoms with van der Waals surface area (Å²) in [5.74, 6) is -0.484. The number of nitrogens with two attached hydrogens (primary N) is 2. The molecule has 58 valence electrons. The van der Waals surface area contributed by atoms with E-state index in [0.717, 1.165) is 0 Å². The van der Waals surface area contributed by atoms with Crippen LogP contribution in [0, 0.1) is 0 Å². The molecule has 0 aromatic carbocycles. The molecule has 0 aromatic heterocycles. The minimum atomic E-state index is -0.708. The molecule has 0 aromatic rings. The minimum absolute atomic E-state index is 0.107. The van der Waals surface area contributed by atoms with Gasteiger partial charge in [0.25, 0.3) is 0 Å². The van der Waals surface area contributed by atoms with Crippen molar-refractivity contribution in [3.63, 3.8) is 0 Å². The Kier molecular flexibility index (Phi) is 4.53. The highest BCUT2D eigenvalue weighted by Crippen LogP contribution is 1.82. The Balaban J connectivity index is 3.51. The summed E-state index contributed by atoms with van der Waals surface area (Å²) < 4.78 is 4.58. The maximum absolute atomic E-state index is 10.7. The van der Waals surface area contributed by atoms with Crippen molar-refractivity contribution in [3.05, 3.63) is 12.7 Å². The summed E-state index contributed by atoms with van der Waals surface area (Å²) in [7, 11) is 0. The number of carbonyl (C=O) groups is 1. The maximum Gasteiger partial charge on any atom is 0.324 e. The van der Waals surface area contributed by atoms with Gasteiger partial charge in [-0.3, -0.25) is 4.79 Å². The molecule has 0 rings (SSSR count). The second kappa shape index (κ2) is 4.96. The molecule has 0 aliphatic heterocycles. The lowest BCUT2D eigenvalue weighted by Gasteiger charge is -2.06. The van der Waals surface area contributed by atoms with Gasteiger partial charge in [-0.2, -0.15) is 0 Å². The molecular formula is C6H12N2O2. The molecule has 4 nitrogen and oxygen atoms in total. The summed E-state index contributed by atoms with van der Waals surface area (Å²) >= 11 is 0. The Morgan fingerprint density at radius 1 is 1.80 bits per heavy atom. The zero-order valence-corrected chi connectivity index (χ0v) is 5.75. The normalized spacial score (nSPS) is 12.2. The summed E-state index contributed by atoms with van der Waals surface area (Å²) in [6, 6.07) is -0.708. The van der Waals surface area contributed by atoms with E-state index < -0.39 is 12.0 Å². The van der Waals surface area contributed by atoms with Crippen molar-refractivity contribution < 1.29 is 9.53 Å². The number of carbonyl (C=O) groups excluding carboxylic acids is 1. The van der Waals surface area contributed by atoms with Crippen LogP contribution in [0.5, 0.6) is 0 Å². The van der Waals surface area contributed by atoms with Gasteiger partial charge in [0.15, 0.2) is 0 Å². The fraction of sp³-hybridized carbons (Fsp3) is 0.500. The van der Waals surface area contributed by atoms with E-state index in [2.05, 4.69) is 11.3 Å². The molecule has 0 heterocycles. The first kappa shape index (κ1) is 9.13. The van der Waals surface area contributed by atoms with Crippen molar-refractivity contribution >= 4 is 5.97 Å². The van der Waals surface area contributed by atoms with Gasteiger partial charge in [-0.25, -0.2) is 0 Å². The number of ether oxygens (including phenoxy) is 1. The van der Waals surface area contributed by atoms with Crippen LogP contribution in [0.15, 0.2) is 12.7 Å². The average Bonchev–Trinajstić information content (AvgIpc) is 1.98. The average molecular weight is 144 g/mol. The number of hydrogen-bond donors (Lipinski definition) is 2. The highest BCUT2D eigenvalue weighted by molar-refractivity contribution is 5.75. The van der Waals surface area contributed by atoms with E-state index in [4.69, 9.17) is 11.5 Å². The topological polar surface area (TPSA) is 78.3 Å². The third-order valence-electron chi connectivity index (χ3n) is 0.900. The lowest BCUT2D eigenvalue weighted by molar-refractivity contribution is -0.143. The third-order valence-corrected chi connectivity index (χ3v) is 0.900. The Morgan fingerprint density at radius 3 is 2.80 bits per heavy atom. The standard InChI is InChI=1S/C6H12N2O2/c1-2-3-10-6(9)5(8)4-7/h2,5H,1,3-4,7-8H2/t5-/m0/s1. The van der Waals surface area contributed by atoms with Crippen LogP contribution >= 0.6 is 0 Å². The lowest BCUT2D eigenvalue weighted by Crippen LogP contribution is -2.39. The lowest BCUT2D eigenvalue weighted by atomic mass is 10.3. The van der Waals surface area contributed by atoms with Crippen molar-refractivity contribution in [1.29, 1.82) is 0 Å². The van der Waals surface area contributed by atoms with Crippen LogP contribution in [0.3, 0.4) is 0 Å². The maximum atomic E-state index is 10.7. The molecule has 0 spiro atoms. The first-order valence-electron chi connectivity index (χ1n) is 2.95. The van der Waals surface area contributed by atoms with E-state index in [0.29, 0.717) is 0 Å². The first-order chi connectivity index (χ1) is 4.72. The molecule has 0 aliphatic rings. The molecule has 0 saturated heterocycles. The van der Waals surface area contributed by atoms with Crippen LogP contribution in [-0.2, 0) is 9.53 Å². The SMILES string of the molecule is C=CCOC(=O)[C@@H](N)CN. The summed E-state index contributed by atoms with van der Waals surface area (Å²) in [6.07, 6.45) is 1.47. The van der Waals surface area contributed by atoms with Gasteiger partial charge in [-0.15, -0.1) is 0 Å². The number of esters is 1. The summed E-state index contributed by atoms with van der Waals surface area (Å²) in [4.78, 5) is 10.7. The zero-order valence-electron chi connectivity index (χ0n) is 5.75. The smallest absolute Gasteiger partial charge is 0.324 e. The monoisotopic (exact) mass is 144 g/mol. The van der Waals surface area contributed by atoms with Gasteiger partial charge in [-0.1, -0.05) is 12.7 Å². The number of hydrogen-bond acceptors (Lipinski definition) is 4. The highest BCUT2D eigenvalue weighted by Gasteiger charge is 2.10. The van der Waals surface area contributed by atoms with Crippen molar-refractivity contribution in [3.8, 4) is 0 Å². The molecule has 4 heteroatoms. The second-order valence-electron chi connectivity index (χ2n) is 1.76. The Morgan fingerprint density at radius 2 is 2.40 bits per heavy atom. The molecule has 0 bridgehead atoms. The zero-order chi connectivity index (χ0) is 7.98. The largest absolute Gasteiger partial charge is 0.460 e. The van der Waals surface area contributed by atoms with Gasteiger partial charge < -0.3 is 16.2 Å². The first-order valence-corrected chi connectivity index (χ1v) is 2.95. The van der Waals surface area contributed by atoms with Crippen LogP contribution in [0.2, 0.25) is 0 Å². The fourth-order valence-corrected chi connectivity index (χ4v) is 0.344. The second-order valence-corrected chi connectivity index (χ2v) is 1.76. The van der Waals surface area contributed by atoms with Crippen LogP contribution in [-0.4, -0.2) is 25.2 Å². The Hall–Kier alpha value is -0.870. The summed E-state index contributed by atoms with van der Waals surface area (Å²) in [5.41, 5.74) is 10.3. The highest BCUT2D eigenvalue weighted by atomic mass is 16.5.